The van der Waals surface area contributed by atoms with Gasteiger partial charge in [0, 0.05) is 17.0 Å². The largest absolute Gasteiger partial charge is 0.468 e. The zero-order valence-corrected chi connectivity index (χ0v) is 12.6. The Morgan fingerprint density at radius 1 is 1.37 bits per heavy atom. The second-order valence-corrected chi connectivity index (χ2v) is 5.84. The number of thioether (sulfide) groups is 1. The number of halogens is 1. The van der Waals surface area contributed by atoms with Crippen molar-refractivity contribution in [2.24, 2.45) is 0 Å². The summed E-state index contributed by atoms with van der Waals surface area (Å²) in [6.45, 7) is 1.76. The van der Waals surface area contributed by atoms with Crippen molar-refractivity contribution in [3.05, 3.63) is 29.3 Å². The van der Waals surface area contributed by atoms with Gasteiger partial charge in [-0.3, -0.25) is 9.59 Å². The Morgan fingerprint density at radius 3 is 2.47 bits per heavy atom. The fraction of sp³-hybridized carbons (Fsp3) is 0.385. The molecule has 1 aromatic carbocycles. The minimum absolute atomic E-state index is 0.0408. The van der Waals surface area contributed by atoms with Crippen molar-refractivity contribution < 1.29 is 14.3 Å². The molecule has 1 amide bonds. The molecule has 104 valence electrons. The first kappa shape index (κ1) is 15.9. The highest BCUT2D eigenvalue weighted by Crippen LogP contribution is 2.25. The molecule has 0 radical (unpaired) electrons. The van der Waals surface area contributed by atoms with E-state index in [4.69, 9.17) is 11.6 Å². The molecule has 0 spiro atoms. The van der Waals surface area contributed by atoms with Crippen LogP contribution in [0, 0.1) is 0 Å². The lowest BCUT2D eigenvalue weighted by molar-refractivity contribution is -0.145. The zero-order valence-electron chi connectivity index (χ0n) is 11.1. The number of likely N-dealkylation sites (N-methyl/N-ethyl adjacent to an activating group) is 1. The quantitative estimate of drug-likeness (QED) is 0.619. The monoisotopic (exact) mass is 301 g/mol. The van der Waals surface area contributed by atoms with Gasteiger partial charge in [0.15, 0.2) is 0 Å². The van der Waals surface area contributed by atoms with Crippen LogP contribution in [0.5, 0.6) is 0 Å². The summed E-state index contributed by atoms with van der Waals surface area (Å²) in [5, 5.41) is 0.377. The number of carbonyl (C=O) groups is 2. The van der Waals surface area contributed by atoms with Crippen LogP contribution in [-0.2, 0) is 14.3 Å². The van der Waals surface area contributed by atoms with Crippen LogP contribution < -0.4 is 0 Å². The number of carbonyl (C=O) groups excluding carboxylic acids is 2. The number of hydrogen-bond acceptors (Lipinski definition) is 4. The number of esters is 1. The van der Waals surface area contributed by atoms with E-state index in [9.17, 15) is 9.59 Å². The SMILES string of the molecule is COC(=O)CN(C)C(=O)C(C)Sc1ccc(Cl)cc1. The van der Waals surface area contributed by atoms with Gasteiger partial charge in [-0.25, -0.2) is 0 Å². The van der Waals surface area contributed by atoms with Crippen molar-refractivity contribution in [1.29, 1.82) is 0 Å². The van der Waals surface area contributed by atoms with Gasteiger partial charge >= 0.3 is 5.97 Å². The summed E-state index contributed by atoms with van der Waals surface area (Å²) in [5.74, 6) is -0.551. The van der Waals surface area contributed by atoms with Gasteiger partial charge in [0.05, 0.1) is 12.4 Å². The lowest BCUT2D eigenvalue weighted by Crippen LogP contribution is -2.37. The summed E-state index contributed by atoms with van der Waals surface area (Å²) in [6, 6.07) is 7.27. The minimum atomic E-state index is -0.431. The maximum absolute atomic E-state index is 12.0. The maximum atomic E-state index is 12.0. The smallest absolute Gasteiger partial charge is 0.325 e. The topological polar surface area (TPSA) is 46.6 Å². The van der Waals surface area contributed by atoms with E-state index < -0.39 is 5.97 Å². The first-order chi connectivity index (χ1) is 8.93. The van der Waals surface area contributed by atoms with Gasteiger partial charge in [0.2, 0.25) is 5.91 Å². The first-order valence-corrected chi connectivity index (χ1v) is 6.94. The third kappa shape index (κ3) is 5.12. The van der Waals surface area contributed by atoms with E-state index in [0.29, 0.717) is 5.02 Å². The van der Waals surface area contributed by atoms with Gasteiger partial charge in [-0.1, -0.05) is 11.6 Å². The molecule has 0 N–H and O–H groups in total. The number of ether oxygens (including phenoxy) is 1. The van der Waals surface area contributed by atoms with Crippen LogP contribution in [0.3, 0.4) is 0 Å². The Balaban J connectivity index is 2.57. The second kappa shape index (κ2) is 7.40. The van der Waals surface area contributed by atoms with E-state index in [1.807, 2.05) is 12.1 Å². The minimum Gasteiger partial charge on any atom is -0.468 e. The molecule has 0 saturated carbocycles. The molecule has 19 heavy (non-hydrogen) atoms. The summed E-state index contributed by atoms with van der Waals surface area (Å²) < 4.78 is 4.53. The molecule has 6 heteroatoms. The van der Waals surface area contributed by atoms with E-state index in [-0.39, 0.29) is 17.7 Å². The van der Waals surface area contributed by atoms with Gasteiger partial charge in [0.25, 0.3) is 0 Å². The molecule has 0 aliphatic rings. The van der Waals surface area contributed by atoms with E-state index in [0.717, 1.165) is 4.90 Å². The molecular formula is C13H16ClNO3S. The van der Waals surface area contributed by atoms with Crippen LogP contribution in [0.1, 0.15) is 6.92 Å². The summed E-state index contributed by atoms with van der Waals surface area (Å²) in [7, 11) is 2.88. The molecule has 0 aliphatic heterocycles. The number of amides is 1. The highest BCUT2D eigenvalue weighted by molar-refractivity contribution is 8.00. The van der Waals surface area contributed by atoms with Crippen molar-refractivity contribution >= 4 is 35.2 Å². The van der Waals surface area contributed by atoms with Crippen molar-refractivity contribution in [3.63, 3.8) is 0 Å². The standard InChI is InChI=1S/C13H16ClNO3S/c1-9(13(17)15(2)8-12(16)18-3)19-11-6-4-10(14)5-7-11/h4-7,9H,8H2,1-3H3. The predicted molar refractivity (Wildman–Crippen MR) is 76.4 cm³/mol. The normalized spacial score (nSPS) is 11.8. The second-order valence-electron chi connectivity index (χ2n) is 3.98. The Hall–Kier alpha value is -1.20. The molecule has 0 aliphatic carbocycles. The number of methoxy groups -OCH3 is 1. The Kier molecular flexibility index (Phi) is 6.18. The van der Waals surface area contributed by atoms with Gasteiger partial charge in [-0.15, -0.1) is 11.8 Å². The average Bonchev–Trinajstić information content (AvgIpc) is 2.40. The van der Waals surface area contributed by atoms with Crippen LogP contribution in [0.2, 0.25) is 5.02 Å². The van der Waals surface area contributed by atoms with Crippen LogP contribution in [0.25, 0.3) is 0 Å². The lowest BCUT2D eigenvalue weighted by atomic mass is 10.4. The molecule has 0 fully saturated rings. The molecule has 1 atom stereocenters. The summed E-state index contributed by atoms with van der Waals surface area (Å²) in [4.78, 5) is 25.5. The molecule has 1 rings (SSSR count). The van der Waals surface area contributed by atoms with Gasteiger partial charge in [-0.2, -0.15) is 0 Å². The molecule has 4 nitrogen and oxygen atoms in total. The molecule has 0 saturated heterocycles. The van der Waals surface area contributed by atoms with E-state index in [1.165, 1.54) is 23.8 Å². The van der Waals surface area contributed by atoms with Crippen LogP contribution in [-0.4, -0.2) is 42.7 Å². The zero-order chi connectivity index (χ0) is 14.4. The third-order valence-electron chi connectivity index (χ3n) is 2.44. The maximum Gasteiger partial charge on any atom is 0.325 e. The fourth-order valence-electron chi connectivity index (χ4n) is 1.41. The molecule has 0 heterocycles. The third-order valence-corrected chi connectivity index (χ3v) is 3.80. The molecule has 1 aromatic rings. The molecular weight excluding hydrogens is 286 g/mol. The molecule has 0 bridgehead atoms. The van der Waals surface area contributed by atoms with Crippen molar-refractivity contribution in [3.8, 4) is 0 Å². The highest BCUT2D eigenvalue weighted by Gasteiger charge is 2.20. The van der Waals surface area contributed by atoms with Crippen molar-refractivity contribution in [2.75, 3.05) is 20.7 Å². The first-order valence-electron chi connectivity index (χ1n) is 5.68. The number of rotatable bonds is 5. The van der Waals surface area contributed by atoms with E-state index >= 15 is 0 Å². The van der Waals surface area contributed by atoms with E-state index in [2.05, 4.69) is 4.74 Å². The number of hydrogen-bond donors (Lipinski definition) is 0. The molecule has 0 aromatic heterocycles. The van der Waals surface area contributed by atoms with Crippen LogP contribution >= 0.6 is 23.4 Å². The predicted octanol–water partition coefficient (Wildman–Crippen LogP) is 2.45. The molecule has 1 unspecified atom stereocenters. The summed E-state index contributed by atoms with van der Waals surface area (Å²) in [5.41, 5.74) is 0. The Bertz CT molecular complexity index is 450. The summed E-state index contributed by atoms with van der Waals surface area (Å²) in [6.07, 6.45) is 0. The van der Waals surface area contributed by atoms with Gasteiger partial charge in [0.1, 0.15) is 6.54 Å². The average molecular weight is 302 g/mol. The Morgan fingerprint density at radius 2 is 1.95 bits per heavy atom. The lowest BCUT2D eigenvalue weighted by Gasteiger charge is -2.19. The van der Waals surface area contributed by atoms with Crippen molar-refractivity contribution in [2.45, 2.75) is 17.1 Å². The highest BCUT2D eigenvalue weighted by atomic mass is 35.5. The number of nitrogens with zero attached hydrogens (tertiary/aromatic N) is 1. The number of benzene rings is 1. The summed E-state index contributed by atoms with van der Waals surface area (Å²) >= 11 is 7.22. The Labute approximate surface area is 122 Å². The van der Waals surface area contributed by atoms with Gasteiger partial charge < -0.3 is 9.64 Å². The van der Waals surface area contributed by atoms with E-state index in [1.54, 1.807) is 26.1 Å². The van der Waals surface area contributed by atoms with Crippen LogP contribution in [0.4, 0.5) is 0 Å². The van der Waals surface area contributed by atoms with Crippen molar-refractivity contribution in [1.82, 2.24) is 4.90 Å². The van der Waals surface area contributed by atoms with Gasteiger partial charge in [-0.05, 0) is 31.2 Å². The van der Waals surface area contributed by atoms with Crippen LogP contribution in [0.15, 0.2) is 29.2 Å². The fourth-order valence-corrected chi connectivity index (χ4v) is 2.52.